The van der Waals surface area contributed by atoms with Crippen LogP contribution in [0.15, 0.2) is 63.8 Å². The zero-order valence-electron chi connectivity index (χ0n) is 15.7. The molecule has 1 atom stereocenters. The van der Waals surface area contributed by atoms with Gasteiger partial charge in [0.05, 0.1) is 12.5 Å². The first-order chi connectivity index (χ1) is 13.4. The summed E-state index contributed by atoms with van der Waals surface area (Å²) in [5.74, 6) is -1.10. The Kier molecular flexibility index (Phi) is 7.52. The normalized spacial score (nSPS) is 11.4. The molecule has 1 aromatic heterocycles. The highest BCUT2D eigenvalue weighted by Crippen LogP contribution is 2.20. The fraction of sp³-hybridized carbons (Fsp3) is 0.190. The fourth-order valence-corrected chi connectivity index (χ4v) is 2.71. The van der Waals surface area contributed by atoms with Crippen molar-refractivity contribution in [2.45, 2.75) is 26.0 Å². The first kappa shape index (κ1) is 22.1. The summed E-state index contributed by atoms with van der Waals surface area (Å²) in [5, 5.41) is 3.39. The molecule has 0 saturated carbocycles. The number of carbonyl (C=O) groups excluding carboxylic acids is 2. The minimum Gasteiger partial charge on any atom is -0.461 e. The van der Waals surface area contributed by atoms with E-state index in [2.05, 4.69) is 5.32 Å². The van der Waals surface area contributed by atoms with Gasteiger partial charge in [-0.15, -0.1) is 12.4 Å². The number of carbonyl (C=O) groups is 2. The van der Waals surface area contributed by atoms with Crippen LogP contribution in [0.2, 0.25) is 0 Å². The van der Waals surface area contributed by atoms with Gasteiger partial charge in [-0.25, -0.2) is 4.79 Å². The third kappa shape index (κ3) is 5.91. The number of anilines is 1. The topological polar surface area (TPSA) is 112 Å². The van der Waals surface area contributed by atoms with Gasteiger partial charge in [-0.2, -0.15) is 0 Å². The smallest absolute Gasteiger partial charge is 0.336 e. The van der Waals surface area contributed by atoms with E-state index in [1.54, 1.807) is 25.1 Å². The van der Waals surface area contributed by atoms with Crippen LogP contribution in [0.25, 0.3) is 11.0 Å². The second kappa shape index (κ2) is 9.86. The number of ether oxygens (including phenoxy) is 1. The molecule has 3 rings (SSSR count). The average molecular weight is 417 g/mol. The van der Waals surface area contributed by atoms with E-state index >= 15 is 0 Å². The number of esters is 1. The maximum atomic E-state index is 12.3. The standard InChI is InChI=1S/C21H20N2O5.ClH/c1-13-9-20(25)28-18-10-15(7-8-16(13)18)23-21(26)17(22)11-19(24)27-12-14-5-3-2-4-6-14;/h2-10,17H,11-12,22H2,1H3,(H,23,26);1H/t17-;/m0./s1. The molecule has 0 fully saturated rings. The Morgan fingerprint density at radius 2 is 1.86 bits per heavy atom. The summed E-state index contributed by atoms with van der Waals surface area (Å²) in [6.45, 7) is 1.92. The molecule has 0 radical (unpaired) electrons. The molecular formula is C21H21ClN2O5. The summed E-state index contributed by atoms with van der Waals surface area (Å²) in [4.78, 5) is 35.7. The Morgan fingerprint density at radius 1 is 1.14 bits per heavy atom. The molecule has 1 amide bonds. The molecule has 1 heterocycles. The van der Waals surface area contributed by atoms with Crippen molar-refractivity contribution in [1.29, 1.82) is 0 Å². The van der Waals surface area contributed by atoms with E-state index in [1.807, 2.05) is 30.3 Å². The second-order valence-corrected chi connectivity index (χ2v) is 6.41. The lowest BCUT2D eigenvalue weighted by atomic mass is 10.1. The van der Waals surface area contributed by atoms with E-state index in [1.165, 1.54) is 6.07 Å². The molecule has 0 aliphatic heterocycles. The van der Waals surface area contributed by atoms with Crippen LogP contribution in [0.5, 0.6) is 0 Å². The van der Waals surface area contributed by atoms with Crippen LogP contribution in [0.1, 0.15) is 17.5 Å². The predicted molar refractivity (Wildman–Crippen MR) is 112 cm³/mol. The van der Waals surface area contributed by atoms with Crippen LogP contribution in [0.4, 0.5) is 5.69 Å². The fourth-order valence-electron chi connectivity index (χ4n) is 2.71. The van der Waals surface area contributed by atoms with Crippen LogP contribution < -0.4 is 16.7 Å². The molecule has 3 N–H and O–H groups in total. The number of hydrogen-bond donors (Lipinski definition) is 2. The van der Waals surface area contributed by atoms with Gasteiger partial charge < -0.3 is 20.2 Å². The van der Waals surface area contributed by atoms with Crippen LogP contribution >= 0.6 is 12.4 Å². The molecule has 152 valence electrons. The van der Waals surface area contributed by atoms with Gasteiger partial charge in [0, 0.05) is 23.2 Å². The molecule has 0 aliphatic carbocycles. The second-order valence-electron chi connectivity index (χ2n) is 6.41. The average Bonchev–Trinajstić information content (AvgIpc) is 2.66. The van der Waals surface area contributed by atoms with E-state index in [0.717, 1.165) is 16.5 Å². The molecule has 0 unspecified atom stereocenters. The van der Waals surface area contributed by atoms with Crippen molar-refractivity contribution < 1.29 is 18.7 Å². The van der Waals surface area contributed by atoms with Crippen molar-refractivity contribution >= 4 is 40.9 Å². The Hall–Kier alpha value is -3.16. The van der Waals surface area contributed by atoms with E-state index in [0.29, 0.717) is 11.3 Å². The molecule has 0 spiro atoms. The zero-order chi connectivity index (χ0) is 20.1. The molecule has 2 aromatic carbocycles. The first-order valence-corrected chi connectivity index (χ1v) is 8.73. The number of aryl methyl sites for hydroxylation is 1. The van der Waals surface area contributed by atoms with Gasteiger partial charge in [0.2, 0.25) is 5.91 Å². The van der Waals surface area contributed by atoms with Crippen molar-refractivity contribution in [3.8, 4) is 0 Å². The largest absolute Gasteiger partial charge is 0.461 e. The summed E-state index contributed by atoms with van der Waals surface area (Å²) in [6, 6.07) is 14.5. The highest BCUT2D eigenvalue weighted by Gasteiger charge is 2.19. The maximum absolute atomic E-state index is 12.3. The first-order valence-electron chi connectivity index (χ1n) is 8.73. The Bertz CT molecular complexity index is 1070. The van der Waals surface area contributed by atoms with Crippen molar-refractivity contribution in [3.05, 3.63) is 76.1 Å². The van der Waals surface area contributed by atoms with Gasteiger partial charge in [0.25, 0.3) is 0 Å². The minimum absolute atomic E-state index is 0. The third-order valence-corrected chi connectivity index (χ3v) is 4.18. The maximum Gasteiger partial charge on any atom is 0.336 e. The number of hydrogen-bond acceptors (Lipinski definition) is 6. The van der Waals surface area contributed by atoms with Crippen molar-refractivity contribution in [2.24, 2.45) is 5.73 Å². The highest BCUT2D eigenvalue weighted by molar-refractivity contribution is 5.98. The van der Waals surface area contributed by atoms with Crippen LogP contribution in [-0.4, -0.2) is 17.9 Å². The van der Waals surface area contributed by atoms with Gasteiger partial charge in [0.15, 0.2) is 0 Å². The molecule has 3 aromatic rings. The summed E-state index contributed by atoms with van der Waals surface area (Å²) in [6.07, 6.45) is -0.250. The van der Waals surface area contributed by atoms with Crippen LogP contribution in [-0.2, 0) is 20.9 Å². The van der Waals surface area contributed by atoms with Crippen molar-refractivity contribution in [1.82, 2.24) is 0 Å². The number of nitrogens with two attached hydrogens (primary N) is 1. The van der Waals surface area contributed by atoms with Gasteiger partial charge in [-0.05, 0) is 30.2 Å². The molecule has 0 saturated heterocycles. The van der Waals surface area contributed by atoms with Crippen molar-refractivity contribution in [2.75, 3.05) is 5.32 Å². The number of halogens is 1. The number of benzene rings is 2. The summed E-state index contributed by atoms with van der Waals surface area (Å²) in [5.41, 5.74) is 7.75. The predicted octanol–water partition coefficient (Wildman–Crippen LogP) is 2.92. The number of nitrogens with one attached hydrogen (secondary N) is 1. The van der Waals surface area contributed by atoms with E-state index < -0.39 is 23.5 Å². The quantitative estimate of drug-likeness (QED) is 0.472. The van der Waals surface area contributed by atoms with Crippen molar-refractivity contribution in [3.63, 3.8) is 0 Å². The summed E-state index contributed by atoms with van der Waals surface area (Å²) in [7, 11) is 0. The van der Waals surface area contributed by atoms with Gasteiger partial charge >= 0.3 is 11.6 Å². The molecule has 8 heteroatoms. The summed E-state index contributed by atoms with van der Waals surface area (Å²) >= 11 is 0. The number of amides is 1. The Balaban J connectivity index is 0.00000300. The zero-order valence-corrected chi connectivity index (χ0v) is 16.5. The van der Waals surface area contributed by atoms with Gasteiger partial charge in [0.1, 0.15) is 12.2 Å². The van der Waals surface area contributed by atoms with E-state index in [4.69, 9.17) is 14.9 Å². The Morgan fingerprint density at radius 3 is 2.59 bits per heavy atom. The van der Waals surface area contributed by atoms with Gasteiger partial charge in [-0.3, -0.25) is 9.59 Å². The monoisotopic (exact) mass is 416 g/mol. The summed E-state index contributed by atoms with van der Waals surface area (Å²) < 4.78 is 10.3. The molecule has 7 nitrogen and oxygen atoms in total. The lowest BCUT2D eigenvalue weighted by Crippen LogP contribution is -2.37. The third-order valence-electron chi connectivity index (χ3n) is 4.18. The van der Waals surface area contributed by atoms with Gasteiger partial charge in [-0.1, -0.05) is 30.3 Å². The van der Waals surface area contributed by atoms with Crippen LogP contribution in [0, 0.1) is 6.92 Å². The number of fused-ring (bicyclic) bond motifs is 1. The minimum atomic E-state index is -1.07. The molecule has 29 heavy (non-hydrogen) atoms. The lowest BCUT2D eigenvalue weighted by Gasteiger charge is -2.12. The van der Waals surface area contributed by atoms with E-state index in [9.17, 15) is 14.4 Å². The SMILES string of the molecule is Cc1cc(=O)oc2cc(NC(=O)[C@@H](N)CC(=O)OCc3ccccc3)ccc12.Cl. The Labute approximate surface area is 173 Å². The lowest BCUT2D eigenvalue weighted by molar-refractivity contribution is -0.146. The molecule has 0 aliphatic rings. The van der Waals surface area contributed by atoms with Crippen LogP contribution in [0.3, 0.4) is 0 Å². The molecule has 0 bridgehead atoms. The highest BCUT2D eigenvalue weighted by atomic mass is 35.5. The van der Waals surface area contributed by atoms with E-state index in [-0.39, 0.29) is 25.4 Å². The number of rotatable bonds is 6. The molecular weight excluding hydrogens is 396 g/mol.